The van der Waals surface area contributed by atoms with E-state index in [9.17, 15) is 18.0 Å². The molecule has 0 radical (unpaired) electrons. The van der Waals surface area contributed by atoms with Crippen LogP contribution in [0, 0.1) is 3.57 Å². The zero-order valence-electron chi connectivity index (χ0n) is 12.3. The zero-order valence-corrected chi connectivity index (χ0v) is 14.4. The van der Waals surface area contributed by atoms with Crippen LogP contribution in [0.25, 0.3) is 0 Å². The third-order valence-corrected chi connectivity index (χ3v) is 3.42. The van der Waals surface area contributed by atoms with Crippen molar-refractivity contribution in [2.24, 2.45) is 0 Å². The average molecular weight is 451 g/mol. The minimum absolute atomic E-state index is 0.0173. The molecule has 24 heavy (non-hydrogen) atoms. The van der Waals surface area contributed by atoms with E-state index in [1.165, 1.54) is 18.2 Å². The smallest absolute Gasteiger partial charge is 0.422 e. The molecule has 128 valence electrons. The van der Waals surface area contributed by atoms with Crippen molar-refractivity contribution >= 4 is 34.2 Å². The van der Waals surface area contributed by atoms with Crippen LogP contribution in [-0.4, -0.2) is 25.3 Å². The van der Waals surface area contributed by atoms with Crippen molar-refractivity contribution in [1.82, 2.24) is 0 Å². The Bertz CT molecular complexity index is 690. The first-order chi connectivity index (χ1) is 11.3. The molecule has 0 saturated carbocycles. The van der Waals surface area contributed by atoms with Crippen LogP contribution in [0.15, 0.2) is 48.5 Å². The highest BCUT2D eigenvalue weighted by atomic mass is 127. The van der Waals surface area contributed by atoms with Gasteiger partial charge in [0, 0.05) is 15.3 Å². The van der Waals surface area contributed by atoms with Gasteiger partial charge in [0.15, 0.2) is 13.2 Å². The largest absolute Gasteiger partial charge is 0.484 e. The molecule has 1 amide bonds. The molecule has 2 aromatic rings. The second-order valence-corrected chi connectivity index (χ2v) is 5.97. The molecule has 0 atom stereocenters. The number of amides is 1. The normalized spacial score (nSPS) is 11.0. The molecule has 0 unspecified atom stereocenters. The van der Waals surface area contributed by atoms with Gasteiger partial charge in [-0.3, -0.25) is 4.79 Å². The number of halogens is 4. The Morgan fingerprint density at radius 3 is 2.42 bits per heavy atom. The highest BCUT2D eigenvalue weighted by Crippen LogP contribution is 2.21. The summed E-state index contributed by atoms with van der Waals surface area (Å²) in [7, 11) is 0. The molecule has 0 bridgehead atoms. The van der Waals surface area contributed by atoms with E-state index in [0.717, 1.165) is 3.57 Å². The third kappa shape index (κ3) is 6.65. The molecular weight excluding hydrogens is 438 g/mol. The van der Waals surface area contributed by atoms with Crippen LogP contribution >= 0.6 is 22.6 Å². The Hall–Kier alpha value is -1.97. The summed E-state index contributed by atoms with van der Waals surface area (Å²) >= 11 is 2.15. The van der Waals surface area contributed by atoms with E-state index in [2.05, 4.69) is 32.6 Å². The van der Waals surface area contributed by atoms with Gasteiger partial charge in [0.2, 0.25) is 0 Å². The number of hydrogen-bond donors (Lipinski definition) is 1. The molecule has 4 nitrogen and oxygen atoms in total. The molecule has 1 N–H and O–H groups in total. The Kier molecular flexibility index (Phi) is 6.29. The maximum absolute atomic E-state index is 12.1. The van der Waals surface area contributed by atoms with Crippen LogP contribution in [0.5, 0.6) is 11.5 Å². The molecular formula is C16H13F3INO3. The predicted octanol–water partition coefficient (Wildman–Crippen LogP) is 4.25. The van der Waals surface area contributed by atoms with Crippen LogP contribution in [0.4, 0.5) is 18.9 Å². The molecule has 0 spiro atoms. The Balaban J connectivity index is 1.86. The van der Waals surface area contributed by atoms with E-state index in [0.29, 0.717) is 11.4 Å². The lowest BCUT2D eigenvalue weighted by atomic mass is 10.3. The number of hydrogen-bond acceptors (Lipinski definition) is 3. The minimum Gasteiger partial charge on any atom is -0.484 e. The number of rotatable bonds is 6. The quantitative estimate of drug-likeness (QED) is 0.669. The highest BCUT2D eigenvalue weighted by molar-refractivity contribution is 14.1. The summed E-state index contributed by atoms with van der Waals surface area (Å²) in [5.41, 5.74) is 0.325. The van der Waals surface area contributed by atoms with E-state index in [-0.39, 0.29) is 12.4 Å². The van der Waals surface area contributed by atoms with Crippen molar-refractivity contribution in [3.8, 4) is 11.5 Å². The maximum atomic E-state index is 12.1. The number of carbonyl (C=O) groups excluding carboxylic acids is 1. The fourth-order valence-electron chi connectivity index (χ4n) is 1.71. The summed E-state index contributed by atoms with van der Waals surface area (Å²) in [5.74, 6) is 0.137. The summed E-state index contributed by atoms with van der Waals surface area (Å²) in [5, 5.41) is 2.53. The van der Waals surface area contributed by atoms with Gasteiger partial charge in [-0.05, 0) is 59.0 Å². The van der Waals surface area contributed by atoms with E-state index in [1.54, 1.807) is 18.2 Å². The van der Waals surface area contributed by atoms with Gasteiger partial charge in [0.25, 0.3) is 5.91 Å². The molecule has 8 heteroatoms. The average Bonchev–Trinajstić information content (AvgIpc) is 2.52. The molecule has 0 saturated heterocycles. The zero-order chi connectivity index (χ0) is 17.6. The topological polar surface area (TPSA) is 47.6 Å². The lowest BCUT2D eigenvalue weighted by molar-refractivity contribution is -0.153. The van der Waals surface area contributed by atoms with Crippen molar-refractivity contribution in [3.05, 3.63) is 52.1 Å². The van der Waals surface area contributed by atoms with Gasteiger partial charge in [0.1, 0.15) is 11.5 Å². The second kappa shape index (κ2) is 8.22. The summed E-state index contributed by atoms with van der Waals surface area (Å²) in [6.07, 6.45) is -4.42. The Labute approximate surface area is 150 Å². The molecule has 2 rings (SSSR count). The SMILES string of the molecule is O=C(COc1ccc(I)cc1)Nc1cccc(OCC(F)(F)F)c1. The van der Waals surface area contributed by atoms with Crippen LogP contribution < -0.4 is 14.8 Å². The summed E-state index contributed by atoms with van der Waals surface area (Å²) < 4.78 is 47.4. The number of benzene rings is 2. The van der Waals surface area contributed by atoms with Gasteiger partial charge >= 0.3 is 6.18 Å². The number of carbonyl (C=O) groups is 1. The van der Waals surface area contributed by atoms with Crippen molar-refractivity contribution < 1.29 is 27.4 Å². The van der Waals surface area contributed by atoms with E-state index in [1.807, 2.05) is 12.1 Å². The van der Waals surface area contributed by atoms with Gasteiger partial charge in [-0.25, -0.2) is 0 Å². The molecule has 0 aliphatic carbocycles. The van der Waals surface area contributed by atoms with Gasteiger partial charge in [0.05, 0.1) is 0 Å². The number of anilines is 1. The van der Waals surface area contributed by atoms with Gasteiger partial charge in [-0.1, -0.05) is 6.07 Å². The van der Waals surface area contributed by atoms with Crippen molar-refractivity contribution in [2.75, 3.05) is 18.5 Å². The maximum Gasteiger partial charge on any atom is 0.422 e. The van der Waals surface area contributed by atoms with Crippen molar-refractivity contribution in [3.63, 3.8) is 0 Å². The van der Waals surface area contributed by atoms with Crippen LogP contribution in [0.3, 0.4) is 0 Å². The molecule has 0 heterocycles. The third-order valence-electron chi connectivity index (χ3n) is 2.70. The first-order valence-corrected chi connectivity index (χ1v) is 7.87. The molecule has 0 aliphatic rings. The second-order valence-electron chi connectivity index (χ2n) is 4.72. The van der Waals surface area contributed by atoms with Gasteiger partial charge in [-0.15, -0.1) is 0 Å². The first kappa shape index (κ1) is 18.4. The summed E-state index contributed by atoms with van der Waals surface area (Å²) in [6, 6.07) is 12.9. The minimum atomic E-state index is -4.42. The highest BCUT2D eigenvalue weighted by Gasteiger charge is 2.28. The first-order valence-electron chi connectivity index (χ1n) is 6.80. The number of ether oxygens (including phenoxy) is 2. The fourth-order valence-corrected chi connectivity index (χ4v) is 2.07. The van der Waals surface area contributed by atoms with E-state index < -0.39 is 18.7 Å². The van der Waals surface area contributed by atoms with Gasteiger partial charge < -0.3 is 14.8 Å². The standard InChI is InChI=1S/C16H13F3INO3/c17-16(18,19)10-24-14-3-1-2-12(8-14)21-15(22)9-23-13-6-4-11(20)5-7-13/h1-8H,9-10H2,(H,21,22). The number of alkyl halides is 3. The molecule has 0 aliphatic heterocycles. The monoisotopic (exact) mass is 451 g/mol. The van der Waals surface area contributed by atoms with E-state index >= 15 is 0 Å². The molecule has 2 aromatic carbocycles. The van der Waals surface area contributed by atoms with Crippen molar-refractivity contribution in [1.29, 1.82) is 0 Å². The van der Waals surface area contributed by atoms with Crippen molar-refractivity contribution in [2.45, 2.75) is 6.18 Å². The van der Waals surface area contributed by atoms with Crippen LogP contribution in [0.1, 0.15) is 0 Å². The lowest BCUT2D eigenvalue weighted by Crippen LogP contribution is -2.21. The predicted molar refractivity (Wildman–Crippen MR) is 91.3 cm³/mol. The summed E-state index contributed by atoms with van der Waals surface area (Å²) in [4.78, 5) is 11.8. The van der Waals surface area contributed by atoms with Crippen LogP contribution in [0.2, 0.25) is 0 Å². The summed E-state index contributed by atoms with van der Waals surface area (Å²) in [6.45, 7) is -1.60. The van der Waals surface area contributed by atoms with Crippen LogP contribution in [-0.2, 0) is 4.79 Å². The van der Waals surface area contributed by atoms with E-state index in [4.69, 9.17) is 4.74 Å². The molecule has 0 aromatic heterocycles. The Morgan fingerprint density at radius 2 is 1.75 bits per heavy atom. The lowest BCUT2D eigenvalue weighted by Gasteiger charge is -2.11. The molecule has 0 fully saturated rings. The van der Waals surface area contributed by atoms with Gasteiger partial charge in [-0.2, -0.15) is 13.2 Å². The number of nitrogens with one attached hydrogen (secondary N) is 1. The fraction of sp³-hybridized carbons (Fsp3) is 0.188. The Morgan fingerprint density at radius 1 is 1.04 bits per heavy atom.